The molecule has 4 rings (SSSR count). The minimum Gasteiger partial charge on any atom is -0.484 e. The number of hydrogen-bond acceptors (Lipinski definition) is 8. The van der Waals surface area contributed by atoms with E-state index in [1.807, 2.05) is 13.8 Å². The minimum atomic E-state index is -1.07. The number of imide groups is 2. The summed E-state index contributed by atoms with van der Waals surface area (Å²) in [5, 5.41) is 5.06. The number of benzene rings is 1. The molecule has 5 amide bonds. The lowest BCUT2D eigenvalue weighted by molar-refractivity contribution is -0.136. The summed E-state index contributed by atoms with van der Waals surface area (Å²) in [5.74, 6) is -2.60. The lowest BCUT2D eigenvalue weighted by Crippen LogP contribution is -2.54. The number of carbonyl (C=O) groups is 5. The molecule has 3 heterocycles. The van der Waals surface area contributed by atoms with Gasteiger partial charge in [0.25, 0.3) is 17.7 Å². The van der Waals surface area contributed by atoms with Gasteiger partial charge in [-0.05, 0) is 44.5 Å². The number of amides is 5. The van der Waals surface area contributed by atoms with Gasteiger partial charge < -0.3 is 14.8 Å². The van der Waals surface area contributed by atoms with Crippen molar-refractivity contribution in [3.8, 4) is 11.6 Å². The molecule has 1 saturated heterocycles. The molecule has 0 radical (unpaired) electrons. The number of pyridine rings is 1. The first kappa shape index (κ1) is 24.1. The molecule has 12 heteroatoms. The quantitative estimate of drug-likeness (QED) is 0.549. The number of ether oxygens (including phenoxy) is 2. The fourth-order valence-electron chi connectivity index (χ4n) is 3.71. The summed E-state index contributed by atoms with van der Waals surface area (Å²) in [5.41, 5.74) is 0.427. The molecule has 2 N–H and O–H groups in total. The molecular formula is C23H21ClN4O7. The number of hydrogen-bond donors (Lipinski definition) is 2. The second-order valence-corrected chi connectivity index (χ2v) is 8.60. The molecule has 2 aromatic rings. The van der Waals surface area contributed by atoms with Crippen molar-refractivity contribution in [1.29, 1.82) is 0 Å². The Morgan fingerprint density at radius 1 is 1.20 bits per heavy atom. The molecule has 1 aromatic heterocycles. The molecule has 11 nitrogen and oxygen atoms in total. The van der Waals surface area contributed by atoms with Gasteiger partial charge >= 0.3 is 0 Å². The van der Waals surface area contributed by atoms with Gasteiger partial charge in [-0.1, -0.05) is 11.6 Å². The summed E-state index contributed by atoms with van der Waals surface area (Å²) in [6, 6.07) is 4.60. The first-order chi connectivity index (χ1) is 16.6. The number of fused-ring (bicyclic) bond motifs is 1. The van der Waals surface area contributed by atoms with Crippen LogP contribution in [0.5, 0.6) is 11.6 Å². The maximum Gasteiger partial charge on any atom is 0.262 e. The van der Waals surface area contributed by atoms with E-state index in [0.29, 0.717) is 5.02 Å². The first-order valence-electron chi connectivity index (χ1n) is 10.7. The van der Waals surface area contributed by atoms with Crippen LogP contribution >= 0.6 is 11.6 Å². The van der Waals surface area contributed by atoms with Crippen molar-refractivity contribution >= 4 is 46.8 Å². The van der Waals surface area contributed by atoms with E-state index in [4.69, 9.17) is 21.1 Å². The topological polar surface area (TPSA) is 144 Å². The highest BCUT2D eigenvalue weighted by Crippen LogP contribution is 2.30. The smallest absolute Gasteiger partial charge is 0.262 e. The van der Waals surface area contributed by atoms with Crippen LogP contribution in [0.15, 0.2) is 30.5 Å². The maximum atomic E-state index is 12.9. The largest absolute Gasteiger partial charge is 0.484 e. The number of nitrogens with one attached hydrogen (secondary N) is 2. The second kappa shape index (κ2) is 9.71. The zero-order valence-corrected chi connectivity index (χ0v) is 19.5. The van der Waals surface area contributed by atoms with E-state index in [-0.39, 0.29) is 47.4 Å². The van der Waals surface area contributed by atoms with Crippen LogP contribution in [0.2, 0.25) is 5.02 Å². The van der Waals surface area contributed by atoms with Gasteiger partial charge in [0, 0.05) is 12.6 Å². The molecule has 2 aliphatic heterocycles. The summed E-state index contributed by atoms with van der Waals surface area (Å²) in [7, 11) is 0. The van der Waals surface area contributed by atoms with Crippen LogP contribution in [-0.2, 0) is 14.4 Å². The summed E-state index contributed by atoms with van der Waals surface area (Å²) < 4.78 is 11.1. The van der Waals surface area contributed by atoms with Gasteiger partial charge in [0.15, 0.2) is 6.61 Å². The predicted octanol–water partition coefficient (Wildman–Crippen LogP) is 1.94. The van der Waals surface area contributed by atoms with Crippen LogP contribution in [-0.4, -0.2) is 58.2 Å². The second-order valence-electron chi connectivity index (χ2n) is 8.16. The Morgan fingerprint density at radius 3 is 2.66 bits per heavy atom. The van der Waals surface area contributed by atoms with E-state index in [0.717, 1.165) is 4.90 Å². The van der Waals surface area contributed by atoms with Crippen molar-refractivity contribution in [3.63, 3.8) is 0 Å². The highest BCUT2D eigenvalue weighted by molar-refractivity contribution is 6.30. The van der Waals surface area contributed by atoms with Gasteiger partial charge in [-0.25, -0.2) is 4.98 Å². The SMILES string of the molecule is CC(C)Oc1ncc(Cl)cc1NC(=O)COc1ccc2c(c1)C(=O)N(C1CCC(=O)NC1=O)C2=O. The number of anilines is 1. The predicted molar refractivity (Wildman–Crippen MR) is 122 cm³/mol. The summed E-state index contributed by atoms with van der Waals surface area (Å²) in [6.07, 6.45) is 1.30. The number of nitrogens with zero attached hydrogens (tertiary/aromatic N) is 2. The van der Waals surface area contributed by atoms with Crippen LogP contribution in [0.4, 0.5) is 5.69 Å². The van der Waals surface area contributed by atoms with Crippen molar-refractivity contribution in [2.45, 2.75) is 38.8 Å². The first-order valence-corrected chi connectivity index (χ1v) is 11.1. The molecule has 1 aromatic carbocycles. The lowest BCUT2D eigenvalue weighted by Gasteiger charge is -2.27. The van der Waals surface area contributed by atoms with Gasteiger partial charge in [-0.3, -0.25) is 34.2 Å². The van der Waals surface area contributed by atoms with E-state index in [1.165, 1.54) is 30.5 Å². The number of rotatable bonds is 7. The fourth-order valence-corrected chi connectivity index (χ4v) is 3.87. The average molecular weight is 501 g/mol. The third-order valence-electron chi connectivity index (χ3n) is 5.22. The Balaban J connectivity index is 1.43. The molecule has 0 spiro atoms. The van der Waals surface area contributed by atoms with Crippen molar-refractivity contribution in [2.24, 2.45) is 0 Å². The van der Waals surface area contributed by atoms with Gasteiger partial charge in [-0.2, -0.15) is 0 Å². The van der Waals surface area contributed by atoms with E-state index in [9.17, 15) is 24.0 Å². The number of aromatic nitrogens is 1. The zero-order valence-electron chi connectivity index (χ0n) is 18.8. The molecule has 2 aliphatic rings. The van der Waals surface area contributed by atoms with E-state index < -0.39 is 42.2 Å². The van der Waals surface area contributed by atoms with Crippen molar-refractivity contribution in [3.05, 3.63) is 46.6 Å². The molecular weight excluding hydrogens is 480 g/mol. The third kappa shape index (κ3) is 5.09. The van der Waals surface area contributed by atoms with Crippen molar-refractivity contribution in [1.82, 2.24) is 15.2 Å². The Bertz CT molecular complexity index is 1250. The monoisotopic (exact) mass is 500 g/mol. The third-order valence-corrected chi connectivity index (χ3v) is 5.43. The van der Waals surface area contributed by atoms with E-state index in [1.54, 1.807) is 0 Å². The van der Waals surface area contributed by atoms with Gasteiger partial charge in [-0.15, -0.1) is 0 Å². The molecule has 0 aliphatic carbocycles. The zero-order chi connectivity index (χ0) is 25.3. The molecule has 0 bridgehead atoms. The van der Waals surface area contributed by atoms with Crippen molar-refractivity contribution in [2.75, 3.05) is 11.9 Å². The van der Waals surface area contributed by atoms with Gasteiger partial charge in [0.05, 0.1) is 22.3 Å². The van der Waals surface area contributed by atoms with Gasteiger partial charge in [0.1, 0.15) is 17.5 Å². The minimum absolute atomic E-state index is 0.0271. The molecule has 1 unspecified atom stereocenters. The molecule has 1 fully saturated rings. The van der Waals surface area contributed by atoms with Crippen molar-refractivity contribution < 1.29 is 33.4 Å². The Morgan fingerprint density at radius 2 is 1.94 bits per heavy atom. The fraction of sp³-hybridized carbons (Fsp3) is 0.304. The van der Waals surface area contributed by atoms with Crippen LogP contribution in [0.25, 0.3) is 0 Å². The molecule has 0 saturated carbocycles. The van der Waals surface area contributed by atoms with Crippen LogP contribution in [0.3, 0.4) is 0 Å². The molecule has 182 valence electrons. The normalized spacial score (nSPS) is 17.4. The summed E-state index contributed by atoms with van der Waals surface area (Å²) in [4.78, 5) is 66.6. The average Bonchev–Trinajstić information content (AvgIpc) is 3.04. The Kier molecular flexibility index (Phi) is 6.70. The lowest BCUT2D eigenvalue weighted by atomic mass is 10.0. The highest BCUT2D eigenvalue weighted by atomic mass is 35.5. The van der Waals surface area contributed by atoms with Crippen LogP contribution in [0.1, 0.15) is 47.4 Å². The summed E-state index contributed by atoms with van der Waals surface area (Å²) in [6.45, 7) is 3.21. The highest BCUT2D eigenvalue weighted by Gasteiger charge is 2.44. The van der Waals surface area contributed by atoms with E-state index in [2.05, 4.69) is 15.6 Å². The van der Waals surface area contributed by atoms with Crippen LogP contribution in [0, 0.1) is 0 Å². The Labute approximate surface area is 204 Å². The Hall–Kier alpha value is -3.99. The molecule has 35 heavy (non-hydrogen) atoms. The summed E-state index contributed by atoms with van der Waals surface area (Å²) >= 11 is 5.97. The number of halogens is 1. The standard InChI is InChI=1S/C23H21ClN4O7/c1-11(2)35-21-16(7-12(24)9-25-21)26-19(30)10-34-13-3-4-14-15(8-13)23(33)28(22(14)32)17-5-6-18(29)27-20(17)31/h3-4,7-9,11,17H,5-6,10H2,1-2H3,(H,26,30)(H,27,29,31). The van der Waals surface area contributed by atoms with E-state index >= 15 is 0 Å². The molecule has 1 atom stereocenters. The van der Waals surface area contributed by atoms with Gasteiger partial charge in [0.2, 0.25) is 17.7 Å². The maximum absolute atomic E-state index is 12.9. The number of carbonyl (C=O) groups excluding carboxylic acids is 5. The number of piperidine rings is 1. The van der Waals surface area contributed by atoms with Crippen LogP contribution < -0.4 is 20.1 Å².